The first-order valence-electron chi connectivity index (χ1n) is 9.01. The van der Waals surface area contributed by atoms with Crippen LogP contribution in [0.25, 0.3) is 6.08 Å². The molecule has 0 saturated carbocycles. The van der Waals surface area contributed by atoms with Crippen LogP contribution in [0.1, 0.15) is 28.8 Å². The van der Waals surface area contributed by atoms with E-state index in [2.05, 4.69) is 4.98 Å². The molecule has 3 heterocycles. The second-order valence-electron chi connectivity index (χ2n) is 6.67. The number of rotatable bonds is 4. The van der Waals surface area contributed by atoms with Gasteiger partial charge in [0.15, 0.2) is 17.3 Å². The molecule has 0 bridgehead atoms. The lowest BCUT2D eigenvalue weighted by atomic mass is 9.89. The summed E-state index contributed by atoms with van der Waals surface area (Å²) >= 11 is 0. The summed E-state index contributed by atoms with van der Waals surface area (Å²) in [5.41, 5.74) is 1.52. The van der Waals surface area contributed by atoms with Crippen molar-refractivity contribution in [3.8, 4) is 11.5 Å². The number of amides is 1. The number of Topliss-reactive ketones (excluding diaryl/α,β-unsaturated/α-hetero) is 1. The third-order valence-electron chi connectivity index (χ3n) is 4.89. The summed E-state index contributed by atoms with van der Waals surface area (Å²) in [4.78, 5) is 31.1. The van der Waals surface area contributed by atoms with Crippen molar-refractivity contribution >= 4 is 17.8 Å². The molecule has 0 radical (unpaired) electrons. The van der Waals surface area contributed by atoms with Gasteiger partial charge in [-0.1, -0.05) is 0 Å². The van der Waals surface area contributed by atoms with Gasteiger partial charge in [0, 0.05) is 43.0 Å². The van der Waals surface area contributed by atoms with E-state index in [0.717, 1.165) is 18.4 Å². The number of hydrogen-bond acceptors (Lipinski definition) is 5. The molecule has 0 unspecified atom stereocenters. The third-order valence-corrected chi connectivity index (χ3v) is 4.89. The van der Waals surface area contributed by atoms with Gasteiger partial charge in [0.05, 0.1) is 0 Å². The van der Waals surface area contributed by atoms with Crippen molar-refractivity contribution in [3.05, 3.63) is 59.9 Å². The van der Waals surface area contributed by atoms with Gasteiger partial charge in [-0.2, -0.15) is 0 Å². The third kappa shape index (κ3) is 3.84. The van der Waals surface area contributed by atoms with E-state index in [1.807, 2.05) is 12.1 Å². The SMILES string of the molecule is O=C(c1ccc2c(c1)OCO2)[C@@H]1CCCN(C(=O)/C=C/c2ccncc2)C1. The number of carbonyl (C=O) groups is 2. The van der Waals surface area contributed by atoms with Crippen LogP contribution in [0, 0.1) is 5.92 Å². The summed E-state index contributed by atoms with van der Waals surface area (Å²) in [6.07, 6.45) is 8.30. The Morgan fingerprint density at radius 2 is 1.93 bits per heavy atom. The smallest absolute Gasteiger partial charge is 0.246 e. The summed E-state index contributed by atoms with van der Waals surface area (Å²) in [6, 6.07) is 8.94. The standard InChI is InChI=1S/C21H20N2O4/c24-20(6-3-15-7-9-22-10-8-15)23-11-1-2-17(13-23)21(25)16-4-5-18-19(12-16)27-14-26-18/h3-10,12,17H,1-2,11,13-14H2/b6-3+/t17-/m1/s1. The maximum atomic E-state index is 12.9. The van der Waals surface area contributed by atoms with Gasteiger partial charge in [0.2, 0.25) is 12.7 Å². The number of ether oxygens (including phenoxy) is 2. The molecule has 4 rings (SSSR count). The van der Waals surface area contributed by atoms with Crippen molar-refractivity contribution < 1.29 is 19.1 Å². The fraction of sp³-hybridized carbons (Fsp3) is 0.286. The van der Waals surface area contributed by atoms with Crippen LogP contribution in [0.4, 0.5) is 0 Å². The number of benzene rings is 1. The molecule has 6 nitrogen and oxygen atoms in total. The van der Waals surface area contributed by atoms with Crippen LogP contribution in [0.5, 0.6) is 11.5 Å². The number of nitrogens with zero attached hydrogens (tertiary/aromatic N) is 2. The number of piperidine rings is 1. The second kappa shape index (κ2) is 7.61. The average Bonchev–Trinajstić information content (AvgIpc) is 3.20. The van der Waals surface area contributed by atoms with Crippen LogP contribution in [0.2, 0.25) is 0 Å². The Bertz CT molecular complexity index is 879. The molecule has 1 aromatic carbocycles. The van der Waals surface area contributed by atoms with Crippen LogP contribution >= 0.6 is 0 Å². The van der Waals surface area contributed by atoms with Gasteiger partial charge in [-0.15, -0.1) is 0 Å². The molecule has 0 N–H and O–H groups in total. The number of pyridine rings is 1. The monoisotopic (exact) mass is 364 g/mol. The maximum absolute atomic E-state index is 12.9. The van der Waals surface area contributed by atoms with Crippen molar-refractivity contribution in [3.63, 3.8) is 0 Å². The molecule has 1 amide bonds. The van der Waals surface area contributed by atoms with Gasteiger partial charge < -0.3 is 14.4 Å². The molecule has 6 heteroatoms. The lowest BCUT2D eigenvalue weighted by Crippen LogP contribution is -2.41. The minimum absolute atomic E-state index is 0.0453. The Hall–Kier alpha value is -3.15. The van der Waals surface area contributed by atoms with Crippen LogP contribution < -0.4 is 9.47 Å². The highest BCUT2D eigenvalue weighted by Crippen LogP contribution is 2.33. The molecule has 2 aromatic rings. The van der Waals surface area contributed by atoms with E-state index < -0.39 is 0 Å². The van der Waals surface area contributed by atoms with Gasteiger partial charge in [-0.3, -0.25) is 14.6 Å². The first kappa shape index (κ1) is 17.3. The first-order chi connectivity index (χ1) is 13.2. The number of aromatic nitrogens is 1. The molecule has 1 aromatic heterocycles. The topological polar surface area (TPSA) is 68.7 Å². The van der Waals surface area contributed by atoms with Gasteiger partial charge >= 0.3 is 0 Å². The predicted octanol–water partition coefficient (Wildman–Crippen LogP) is 2.95. The summed E-state index contributed by atoms with van der Waals surface area (Å²) in [7, 11) is 0. The molecule has 1 atom stereocenters. The van der Waals surface area contributed by atoms with Crippen LogP contribution in [-0.4, -0.2) is 41.5 Å². The van der Waals surface area contributed by atoms with E-state index in [4.69, 9.17) is 9.47 Å². The highest BCUT2D eigenvalue weighted by Gasteiger charge is 2.29. The molecule has 1 fully saturated rings. The summed E-state index contributed by atoms with van der Waals surface area (Å²) in [6.45, 7) is 1.29. The van der Waals surface area contributed by atoms with E-state index in [1.165, 1.54) is 0 Å². The van der Waals surface area contributed by atoms with E-state index in [0.29, 0.717) is 30.2 Å². The fourth-order valence-electron chi connectivity index (χ4n) is 3.42. The van der Waals surface area contributed by atoms with Crippen LogP contribution in [0.15, 0.2) is 48.8 Å². The summed E-state index contributed by atoms with van der Waals surface area (Å²) in [5, 5.41) is 0. The lowest BCUT2D eigenvalue weighted by Gasteiger charge is -2.31. The van der Waals surface area contributed by atoms with Gasteiger partial charge in [0.1, 0.15) is 0 Å². The highest BCUT2D eigenvalue weighted by molar-refractivity contribution is 5.99. The first-order valence-corrected chi connectivity index (χ1v) is 9.01. The van der Waals surface area contributed by atoms with E-state index in [9.17, 15) is 9.59 Å². The van der Waals surface area contributed by atoms with Crippen molar-refractivity contribution in [2.24, 2.45) is 5.92 Å². The lowest BCUT2D eigenvalue weighted by molar-refractivity contribution is -0.127. The maximum Gasteiger partial charge on any atom is 0.246 e. The largest absolute Gasteiger partial charge is 0.454 e. The Morgan fingerprint density at radius 3 is 2.78 bits per heavy atom. The Kier molecular flexibility index (Phi) is 4.87. The average molecular weight is 364 g/mol. The van der Waals surface area contributed by atoms with E-state index in [-0.39, 0.29) is 24.4 Å². The molecule has 138 valence electrons. The number of likely N-dealkylation sites (tertiary alicyclic amines) is 1. The van der Waals surface area contributed by atoms with Crippen LogP contribution in [-0.2, 0) is 4.79 Å². The second-order valence-corrected chi connectivity index (χ2v) is 6.67. The molecule has 1 saturated heterocycles. The molecular formula is C21H20N2O4. The zero-order valence-electron chi connectivity index (χ0n) is 14.8. The minimum Gasteiger partial charge on any atom is -0.454 e. The number of hydrogen-bond donors (Lipinski definition) is 0. The Morgan fingerprint density at radius 1 is 1.11 bits per heavy atom. The van der Waals surface area contributed by atoms with Gasteiger partial charge in [0.25, 0.3) is 0 Å². The summed E-state index contributed by atoms with van der Waals surface area (Å²) in [5.74, 6) is 1.04. The van der Waals surface area contributed by atoms with Crippen molar-refractivity contribution in [2.45, 2.75) is 12.8 Å². The quantitative estimate of drug-likeness (QED) is 0.616. The minimum atomic E-state index is -0.197. The highest BCUT2D eigenvalue weighted by atomic mass is 16.7. The molecule has 0 spiro atoms. The predicted molar refractivity (Wildman–Crippen MR) is 99.5 cm³/mol. The molecule has 0 aliphatic carbocycles. The van der Waals surface area contributed by atoms with E-state index in [1.54, 1.807) is 47.6 Å². The van der Waals surface area contributed by atoms with Gasteiger partial charge in [-0.25, -0.2) is 0 Å². The molecule has 2 aliphatic rings. The van der Waals surface area contributed by atoms with Crippen molar-refractivity contribution in [1.29, 1.82) is 0 Å². The van der Waals surface area contributed by atoms with Crippen LogP contribution in [0.3, 0.4) is 0 Å². The Balaban J connectivity index is 1.42. The number of fused-ring (bicyclic) bond motifs is 1. The normalized spacial score (nSPS) is 18.7. The molecular weight excluding hydrogens is 344 g/mol. The zero-order chi connectivity index (χ0) is 18.6. The van der Waals surface area contributed by atoms with Crippen molar-refractivity contribution in [2.75, 3.05) is 19.9 Å². The van der Waals surface area contributed by atoms with Crippen molar-refractivity contribution in [1.82, 2.24) is 9.88 Å². The number of carbonyl (C=O) groups excluding carboxylic acids is 2. The Labute approximate surface area is 157 Å². The fourth-order valence-corrected chi connectivity index (χ4v) is 3.42. The van der Waals surface area contributed by atoms with Gasteiger partial charge in [-0.05, 0) is 54.8 Å². The summed E-state index contributed by atoms with van der Waals surface area (Å²) < 4.78 is 10.7. The zero-order valence-corrected chi connectivity index (χ0v) is 14.8. The van der Waals surface area contributed by atoms with E-state index >= 15 is 0 Å². The molecule has 27 heavy (non-hydrogen) atoms. The molecule has 2 aliphatic heterocycles. The number of ketones is 1.